The van der Waals surface area contributed by atoms with E-state index in [4.69, 9.17) is 23.2 Å². The Morgan fingerprint density at radius 2 is 1.73 bits per heavy atom. The third-order valence-corrected chi connectivity index (χ3v) is 8.77. The summed E-state index contributed by atoms with van der Waals surface area (Å²) >= 11 is 12.0. The second-order valence-corrected chi connectivity index (χ2v) is 12.2. The van der Waals surface area contributed by atoms with Crippen LogP contribution < -0.4 is 10.6 Å². The van der Waals surface area contributed by atoms with Crippen molar-refractivity contribution >= 4 is 45.0 Å². The van der Waals surface area contributed by atoms with Crippen molar-refractivity contribution in [2.45, 2.75) is 30.8 Å². The largest absolute Gasteiger partial charge is 0.340 e. The van der Waals surface area contributed by atoms with E-state index < -0.39 is 22.0 Å². The fourth-order valence-corrected chi connectivity index (χ4v) is 5.63. The summed E-state index contributed by atoms with van der Waals surface area (Å²) in [5.74, 6) is -0.716. The molecule has 1 heterocycles. The molecule has 1 unspecified atom stereocenters. The molecule has 1 aliphatic heterocycles. The minimum absolute atomic E-state index is 0.206. The molecule has 2 fully saturated rings. The Labute approximate surface area is 226 Å². The van der Waals surface area contributed by atoms with Crippen molar-refractivity contribution < 1.29 is 22.4 Å². The molecule has 4 rings (SSSR count). The molecular weight excluding hydrogens is 542 g/mol. The quantitative estimate of drug-likeness (QED) is 0.483. The predicted octanol–water partition coefficient (Wildman–Crippen LogP) is 2.87. The molecule has 2 amide bonds. The fraction of sp³-hybridized carbons (Fsp3) is 0.440. The zero-order valence-corrected chi connectivity index (χ0v) is 22.6. The van der Waals surface area contributed by atoms with Crippen LogP contribution in [0.3, 0.4) is 0 Å². The van der Waals surface area contributed by atoms with E-state index in [1.807, 2.05) is 0 Å². The van der Waals surface area contributed by atoms with Crippen LogP contribution in [0.1, 0.15) is 34.7 Å². The van der Waals surface area contributed by atoms with Crippen molar-refractivity contribution in [3.63, 3.8) is 0 Å². The minimum atomic E-state index is -3.33. The van der Waals surface area contributed by atoms with Gasteiger partial charge in [-0.2, -0.15) is 4.31 Å². The number of sulfonamides is 1. The van der Waals surface area contributed by atoms with Crippen LogP contribution in [0.2, 0.25) is 10.0 Å². The lowest BCUT2D eigenvalue weighted by Crippen LogP contribution is -2.56. The average molecular weight is 572 g/mol. The van der Waals surface area contributed by atoms with Crippen molar-refractivity contribution in [2.24, 2.45) is 0 Å². The minimum Gasteiger partial charge on any atom is -0.340 e. The molecule has 2 aromatic carbocycles. The number of carbonyl (C=O) groups excluding carboxylic acids is 2. The van der Waals surface area contributed by atoms with E-state index in [1.165, 1.54) is 34.6 Å². The molecule has 0 spiro atoms. The van der Waals surface area contributed by atoms with E-state index in [-0.39, 0.29) is 60.4 Å². The van der Waals surface area contributed by atoms with Crippen molar-refractivity contribution in [1.29, 1.82) is 0 Å². The summed E-state index contributed by atoms with van der Waals surface area (Å²) in [5, 5.41) is 6.79. The number of carbonyl (C=O) groups is 2. The fourth-order valence-electron chi connectivity index (χ4n) is 4.51. The summed E-state index contributed by atoms with van der Waals surface area (Å²) in [5.41, 5.74) is 1.34. The maximum Gasteiger partial charge on any atom is 0.251 e. The van der Waals surface area contributed by atoms with Gasteiger partial charge in [-0.15, -0.1) is 0 Å². The molecular formula is C25H29Cl2FN4O4S. The Balaban J connectivity index is 1.38. The smallest absolute Gasteiger partial charge is 0.251 e. The molecule has 1 aliphatic carbocycles. The number of hydrogen-bond acceptors (Lipinski definition) is 5. The Hall–Kier alpha value is -2.24. The van der Waals surface area contributed by atoms with Crippen LogP contribution >= 0.6 is 23.2 Å². The van der Waals surface area contributed by atoms with Gasteiger partial charge in [0.2, 0.25) is 15.9 Å². The van der Waals surface area contributed by atoms with Gasteiger partial charge in [-0.1, -0.05) is 35.3 Å². The molecule has 2 aliphatic rings. The molecule has 2 N–H and O–H groups in total. The first-order valence-corrected chi connectivity index (χ1v) is 14.6. The number of amides is 2. The molecule has 3 atom stereocenters. The number of benzene rings is 2. The Morgan fingerprint density at radius 3 is 2.35 bits per heavy atom. The van der Waals surface area contributed by atoms with Crippen molar-refractivity contribution in [3.05, 3.63) is 69.5 Å². The predicted molar refractivity (Wildman–Crippen MR) is 141 cm³/mol. The third-order valence-electron chi connectivity index (χ3n) is 6.73. The summed E-state index contributed by atoms with van der Waals surface area (Å²) in [6, 6.07) is 10.3. The molecule has 0 bridgehead atoms. The van der Waals surface area contributed by atoms with Crippen LogP contribution in [0, 0.1) is 5.82 Å². The van der Waals surface area contributed by atoms with Crippen LogP contribution in [0.25, 0.3) is 0 Å². The standard InChI is InChI=1S/C25H29Cl2FN4O4S/c1-37(35,36)32-12-10-31(11-13-32)25(34)22(30-24(33)17-4-7-20(26)21(27)14-17)8-9-29-23-15-19(23)16-2-5-18(28)6-3-16/h2-7,14,19,22-23,29H,8-13,15H2,1H3,(H,30,33)/t19-,22?,23+/m0/s1. The lowest BCUT2D eigenvalue weighted by atomic mass is 10.1. The van der Waals surface area contributed by atoms with Gasteiger partial charge < -0.3 is 15.5 Å². The van der Waals surface area contributed by atoms with Crippen molar-refractivity contribution in [3.8, 4) is 0 Å². The highest BCUT2D eigenvalue weighted by Crippen LogP contribution is 2.40. The molecule has 12 heteroatoms. The highest BCUT2D eigenvalue weighted by Gasteiger charge is 2.38. The van der Waals surface area contributed by atoms with E-state index in [0.717, 1.165) is 18.2 Å². The molecule has 37 heavy (non-hydrogen) atoms. The van der Waals surface area contributed by atoms with Gasteiger partial charge in [0, 0.05) is 43.7 Å². The zero-order valence-electron chi connectivity index (χ0n) is 20.3. The SMILES string of the molecule is CS(=O)(=O)N1CCN(C(=O)C(CCN[C@@H]2C[C@H]2c2ccc(F)cc2)NC(=O)c2ccc(Cl)c(Cl)c2)CC1. The maximum absolute atomic E-state index is 13.4. The van der Waals surface area contributed by atoms with Crippen LogP contribution in [0.5, 0.6) is 0 Å². The topological polar surface area (TPSA) is 98.8 Å². The number of hydrogen-bond donors (Lipinski definition) is 2. The summed E-state index contributed by atoms with van der Waals surface area (Å²) in [6.07, 6.45) is 2.39. The summed E-state index contributed by atoms with van der Waals surface area (Å²) in [4.78, 5) is 27.9. The van der Waals surface area contributed by atoms with E-state index in [1.54, 1.807) is 17.0 Å². The Morgan fingerprint density at radius 1 is 1.05 bits per heavy atom. The Kier molecular flexibility index (Phi) is 8.75. The van der Waals surface area contributed by atoms with E-state index in [9.17, 15) is 22.4 Å². The first kappa shape index (κ1) is 27.8. The average Bonchev–Trinajstić information content (AvgIpc) is 3.64. The van der Waals surface area contributed by atoms with Gasteiger partial charge in [-0.3, -0.25) is 9.59 Å². The first-order chi connectivity index (χ1) is 17.5. The molecule has 0 aromatic heterocycles. The summed E-state index contributed by atoms with van der Waals surface area (Å²) in [6.45, 7) is 1.38. The van der Waals surface area contributed by atoms with Gasteiger partial charge in [0.15, 0.2) is 0 Å². The van der Waals surface area contributed by atoms with E-state index in [0.29, 0.717) is 18.0 Å². The molecule has 8 nitrogen and oxygen atoms in total. The highest BCUT2D eigenvalue weighted by molar-refractivity contribution is 7.88. The lowest BCUT2D eigenvalue weighted by molar-refractivity contribution is -0.134. The van der Waals surface area contributed by atoms with Gasteiger partial charge >= 0.3 is 0 Å². The van der Waals surface area contributed by atoms with Gasteiger partial charge in [-0.25, -0.2) is 12.8 Å². The lowest BCUT2D eigenvalue weighted by Gasteiger charge is -2.35. The molecule has 200 valence electrons. The first-order valence-electron chi connectivity index (χ1n) is 12.0. The van der Waals surface area contributed by atoms with Gasteiger partial charge in [0.25, 0.3) is 5.91 Å². The summed E-state index contributed by atoms with van der Waals surface area (Å²) in [7, 11) is -3.33. The molecule has 0 radical (unpaired) electrons. The van der Waals surface area contributed by atoms with E-state index >= 15 is 0 Å². The highest BCUT2D eigenvalue weighted by atomic mass is 35.5. The second-order valence-electron chi connectivity index (χ2n) is 9.39. The number of rotatable bonds is 9. The number of halogens is 3. The third kappa shape index (κ3) is 7.20. The van der Waals surface area contributed by atoms with Crippen LogP contribution in [-0.2, 0) is 14.8 Å². The van der Waals surface area contributed by atoms with Crippen LogP contribution in [-0.4, -0.2) is 80.5 Å². The van der Waals surface area contributed by atoms with Gasteiger partial charge in [-0.05, 0) is 55.3 Å². The molecule has 1 saturated heterocycles. The summed E-state index contributed by atoms with van der Waals surface area (Å²) < 4.78 is 38.2. The second kappa shape index (κ2) is 11.7. The van der Waals surface area contributed by atoms with Crippen molar-refractivity contribution in [2.75, 3.05) is 39.0 Å². The monoisotopic (exact) mass is 570 g/mol. The van der Waals surface area contributed by atoms with Crippen LogP contribution in [0.4, 0.5) is 4.39 Å². The number of nitrogens with one attached hydrogen (secondary N) is 2. The van der Waals surface area contributed by atoms with Crippen molar-refractivity contribution in [1.82, 2.24) is 19.8 Å². The zero-order chi connectivity index (χ0) is 26.7. The van der Waals surface area contributed by atoms with Gasteiger partial charge in [0.05, 0.1) is 16.3 Å². The maximum atomic E-state index is 13.4. The Bertz CT molecular complexity index is 1250. The van der Waals surface area contributed by atoms with Crippen LogP contribution in [0.15, 0.2) is 42.5 Å². The normalized spacial score (nSPS) is 20.9. The van der Waals surface area contributed by atoms with E-state index in [2.05, 4.69) is 10.6 Å². The molecule has 2 aromatic rings. The number of piperazine rings is 1. The molecule has 1 saturated carbocycles. The van der Waals surface area contributed by atoms with Gasteiger partial charge in [0.1, 0.15) is 11.9 Å². The number of nitrogens with zero attached hydrogens (tertiary/aromatic N) is 2.